The molecule has 0 rings (SSSR count). The van der Waals surface area contributed by atoms with E-state index >= 15 is 0 Å². The number of hydrogen-bond acceptors (Lipinski definition) is 2. The zero-order valence-corrected chi connectivity index (χ0v) is 14.3. The molecule has 116 valence electrons. The number of halogens is 1. The molecule has 3 heteroatoms. The number of aliphatic hydroxyl groups is 2. The molecule has 0 heterocycles. The van der Waals surface area contributed by atoms with Gasteiger partial charge < -0.3 is 10.2 Å². The third kappa shape index (κ3) is 18.4. The van der Waals surface area contributed by atoms with Crippen molar-refractivity contribution >= 4 is 15.9 Å². The zero-order chi connectivity index (χ0) is 14.4. The summed E-state index contributed by atoms with van der Waals surface area (Å²) in [6, 6.07) is 0. The van der Waals surface area contributed by atoms with Crippen molar-refractivity contribution in [3.63, 3.8) is 0 Å². The van der Waals surface area contributed by atoms with Gasteiger partial charge in [0.15, 0.2) is 0 Å². The van der Waals surface area contributed by atoms with Crippen LogP contribution in [0.1, 0.15) is 96.8 Å². The Hall–Kier alpha value is 0.400. The summed E-state index contributed by atoms with van der Waals surface area (Å²) >= 11 is 2.82. The Labute approximate surface area is 128 Å². The highest BCUT2D eigenvalue weighted by atomic mass is 79.9. The second kappa shape index (κ2) is 13.4. The fourth-order valence-electron chi connectivity index (χ4n) is 2.37. The predicted molar refractivity (Wildman–Crippen MR) is 86.4 cm³/mol. The molecule has 0 saturated carbocycles. The molecule has 19 heavy (non-hydrogen) atoms. The van der Waals surface area contributed by atoms with Crippen LogP contribution >= 0.6 is 15.9 Å². The van der Waals surface area contributed by atoms with Crippen LogP contribution in [0.4, 0.5) is 0 Å². The van der Waals surface area contributed by atoms with Gasteiger partial charge in [-0.15, -0.1) is 0 Å². The standard InChI is InChI=1S/C16H33BrO2/c1-2-3-4-5-6-7-8-9-10-11-12-13-14-15-16(17,18)19/h18-19H,2-15H2,1H3. The summed E-state index contributed by atoms with van der Waals surface area (Å²) in [5.41, 5.74) is 0. The average Bonchev–Trinajstić information content (AvgIpc) is 2.34. The van der Waals surface area contributed by atoms with Gasteiger partial charge in [-0.1, -0.05) is 84.0 Å². The van der Waals surface area contributed by atoms with Gasteiger partial charge in [0.25, 0.3) is 0 Å². The lowest BCUT2D eigenvalue weighted by Gasteiger charge is -2.12. The summed E-state index contributed by atoms with van der Waals surface area (Å²) in [6.45, 7) is 2.26. The number of hydrogen-bond donors (Lipinski definition) is 2. The Kier molecular flexibility index (Phi) is 13.7. The van der Waals surface area contributed by atoms with Crippen molar-refractivity contribution < 1.29 is 10.2 Å². The van der Waals surface area contributed by atoms with Gasteiger partial charge in [-0.25, -0.2) is 0 Å². The van der Waals surface area contributed by atoms with Crippen LogP contribution in [-0.2, 0) is 0 Å². The molecule has 2 N–H and O–H groups in total. The molecule has 0 spiro atoms. The molecule has 0 aromatic rings. The van der Waals surface area contributed by atoms with Crippen LogP contribution in [0.15, 0.2) is 0 Å². The van der Waals surface area contributed by atoms with Gasteiger partial charge in [0.2, 0.25) is 4.70 Å². The molecule has 0 radical (unpaired) electrons. The van der Waals surface area contributed by atoms with Gasteiger partial charge in [-0.05, 0) is 22.4 Å². The third-order valence-corrected chi connectivity index (χ3v) is 3.99. The van der Waals surface area contributed by atoms with Gasteiger partial charge >= 0.3 is 0 Å². The molecule has 0 aliphatic heterocycles. The zero-order valence-electron chi connectivity index (χ0n) is 12.7. The molecule has 0 aliphatic rings. The van der Waals surface area contributed by atoms with E-state index in [4.69, 9.17) is 10.2 Å². The van der Waals surface area contributed by atoms with Crippen molar-refractivity contribution in [3.05, 3.63) is 0 Å². The molecule has 0 amide bonds. The molecule has 0 aliphatic carbocycles. The summed E-state index contributed by atoms with van der Waals surface area (Å²) in [5, 5.41) is 18.1. The number of rotatable bonds is 14. The first kappa shape index (κ1) is 19.4. The highest BCUT2D eigenvalue weighted by molar-refractivity contribution is 9.09. The van der Waals surface area contributed by atoms with E-state index in [0.717, 1.165) is 12.8 Å². The minimum Gasteiger partial charge on any atom is -0.357 e. The molecule has 0 bridgehead atoms. The van der Waals surface area contributed by atoms with Crippen molar-refractivity contribution in [2.45, 2.75) is 102 Å². The van der Waals surface area contributed by atoms with E-state index in [2.05, 4.69) is 22.9 Å². The quantitative estimate of drug-likeness (QED) is 0.250. The smallest absolute Gasteiger partial charge is 0.221 e. The summed E-state index contributed by atoms with van der Waals surface area (Å²) in [4.78, 5) is 0. The second-order valence-corrected chi connectivity index (χ2v) is 6.98. The Morgan fingerprint density at radius 3 is 1.26 bits per heavy atom. The lowest BCUT2D eigenvalue weighted by Crippen LogP contribution is -2.17. The van der Waals surface area contributed by atoms with Gasteiger partial charge in [0.05, 0.1) is 0 Å². The monoisotopic (exact) mass is 336 g/mol. The maximum Gasteiger partial charge on any atom is 0.221 e. The third-order valence-electron chi connectivity index (χ3n) is 3.60. The van der Waals surface area contributed by atoms with Crippen LogP contribution in [0.2, 0.25) is 0 Å². The van der Waals surface area contributed by atoms with Gasteiger partial charge in [-0.2, -0.15) is 0 Å². The van der Waals surface area contributed by atoms with Crippen molar-refractivity contribution in [1.82, 2.24) is 0 Å². The van der Waals surface area contributed by atoms with Crippen LogP contribution in [0.3, 0.4) is 0 Å². The molecule has 0 saturated heterocycles. The molecule has 0 aromatic carbocycles. The lowest BCUT2D eigenvalue weighted by molar-refractivity contribution is -0.0753. The molecule has 0 atom stereocenters. The first-order valence-electron chi connectivity index (χ1n) is 8.20. The van der Waals surface area contributed by atoms with Crippen LogP contribution in [0.5, 0.6) is 0 Å². The van der Waals surface area contributed by atoms with Crippen LogP contribution in [0, 0.1) is 0 Å². The van der Waals surface area contributed by atoms with E-state index in [1.807, 2.05) is 0 Å². The normalized spacial score (nSPS) is 12.0. The van der Waals surface area contributed by atoms with Crippen LogP contribution < -0.4 is 0 Å². The molecule has 2 nitrogen and oxygen atoms in total. The molecular weight excluding hydrogens is 304 g/mol. The highest BCUT2D eigenvalue weighted by Crippen LogP contribution is 2.19. The first-order valence-corrected chi connectivity index (χ1v) is 8.99. The Balaban J connectivity index is 2.99. The summed E-state index contributed by atoms with van der Waals surface area (Å²) in [7, 11) is 0. The van der Waals surface area contributed by atoms with E-state index in [1.54, 1.807) is 0 Å². The fraction of sp³-hybridized carbons (Fsp3) is 1.00. The largest absolute Gasteiger partial charge is 0.357 e. The summed E-state index contributed by atoms with van der Waals surface area (Å²) in [5.74, 6) is 0. The minimum atomic E-state index is -1.65. The average molecular weight is 337 g/mol. The van der Waals surface area contributed by atoms with Crippen LogP contribution in [0.25, 0.3) is 0 Å². The van der Waals surface area contributed by atoms with Crippen molar-refractivity contribution in [2.24, 2.45) is 0 Å². The van der Waals surface area contributed by atoms with E-state index in [-0.39, 0.29) is 0 Å². The van der Waals surface area contributed by atoms with Crippen molar-refractivity contribution in [1.29, 1.82) is 0 Å². The van der Waals surface area contributed by atoms with Gasteiger partial charge in [0.1, 0.15) is 0 Å². The summed E-state index contributed by atoms with van der Waals surface area (Å²) < 4.78 is -1.65. The number of unbranched alkanes of at least 4 members (excludes halogenated alkanes) is 12. The molecule has 0 unspecified atom stereocenters. The predicted octanol–water partition coefficient (Wildman–Crippen LogP) is 5.50. The lowest BCUT2D eigenvalue weighted by atomic mass is 10.0. The van der Waals surface area contributed by atoms with Crippen LogP contribution in [-0.4, -0.2) is 14.9 Å². The molecular formula is C16H33BrO2. The highest BCUT2D eigenvalue weighted by Gasteiger charge is 2.15. The number of alkyl halides is 1. The van der Waals surface area contributed by atoms with E-state index < -0.39 is 4.70 Å². The molecule has 0 aromatic heterocycles. The SMILES string of the molecule is CCCCCCCCCCCCCCCC(O)(O)Br. The fourth-order valence-corrected chi connectivity index (χ4v) is 2.65. The van der Waals surface area contributed by atoms with E-state index in [9.17, 15) is 0 Å². The second-order valence-electron chi connectivity index (χ2n) is 5.71. The maximum atomic E-state index is 9.07. The van der Waals surface area contributed by atoms with Gasteiger partial charge in [-0.3, -0.25) is 0 Å². The van der Waals surface area contributed by atoms with E-state index in [1.165, 1.54) is 70.6 Å². The van der Waals surface area contributed by atoms with E-state index in [0.29, 0.717) is 6.42 Å². The Morgan fingerprint density at radius 1 is 0.632 bits per heavy atom. The maximum absolute atomic E-state index is 9.07. The minimum absolute atomic E-state index is 0.421. The topological polar surface area (TPSA) is 40.5 Å². The first-order chi connectivity index (χ1) is 9.06. The molecule has 0 fully saturated rings. The van der Waals surface area contributed by atoms with Gasteiger partial charge in [0, 0.05) is 6.42 Å². The summed E-state index contributed by atoms with van der Waals surface area (Å²) in [6.07, 6.45) is 17.4. The van der Waals surface area contributed by atoms with Crippen molar-refractivity contribution in [3.8, 4) is 0 Å². The van der Waals surface area contributed by atoms with Crippen molar-refractivity contribution in [2.75, 3.05) is 0 Å². The Morgan fingerprint density at radius 2 is 0.947 bits per heavy atom. The Bertz CT molecular complexity index is 178.